The van der Waals surface area contributed by atoms with Crippen LogP contribution in [0.1, 0.15) is 53.0 Å². The van der Waals surface area contributed by atoms with Crippen molar-refractivity contribution in [2.24, 2.45) is 0 Å². The second-order valence-corrected chi connectivity index (χ2v) is 6.16. The van der Waals surface area contributed by atoms with Crippen LogP contribution in [-0.2, 0) is 4.74 Å². The zero-order chi connectivity index (χ0) is 17.6. The van der Waals surface area contributed by atoms with E-state index in [9.17, 15) is 9.59 Å². The van der Waals surface area contributed by atoms with E-state index in [0.29, 0.717) is 17.3 Å². The SMILES string of the molecule is COC(=O)c1ccc(NC2CCCCC2)c(NC(=O)c2ccco2)c1. The van der Waals surface area contributed by atoms with Crippen molar-refractivity contribution in [1.29, 1.82) is 0 Å². The highest BCUT2D eigenvalue weighted by atomic mass is 16.5. The summed E-state index contributed by atoms with van der Waals surface area (Å²) in [4.78, 5) is 24.1. The molecule has 1 aliphatic carbocycles. The first-order valence-corrected chi connectivity index (χ1v) is 8.51. The zero-order valence-corrected chi connectivity index (χ0v) is 14.2. The number of carbonyl (C=O) groups is 2. The summed E-state index contributed by atoms with van der Waals surface area (Å²) in [5.41, 5.74) is 1.71. The van der Waals surface area contributed by atoms with Crippen molar-refractivity contribution < 1.29 is 18.7 Å². The first-order chi connectivity index (χ1) is 12.2. The van der Waals surface area contributed by atoms with Crippen LogP contribution in [0, 0.1) is 0 Å². The lowest BCUT2D eigenvalue weighted by molar-refractivity contribution is 0.0600. The predicted molar refractivity (Wildman–Crippen MR) is 94.9 cm³/mol. The number of methoxy groups -OCH3 is 1. The van der Waals surface area contributed by atoms with Crippen LogP contribution < -0.4 is 10.6 Å². The molecule has 0 unspecified atom stereocenters. The molecule has 3 rings (SSSR count). The van der Waals surface area contributed by atoms with E-state index in [1.165, 1.54) is 32.6 Å². The van der Waals surface area contributed by atoms with Gasteiger partial charge in [0.1, 0.15) is 0 Å². The van der Waals surface area contributed by atoms with Crippen LogP contribution in [0.2, 0.25) is 0 Å². The monoisotopic (exact) mass is 342 g/mol. The third-order valence-corrected chi connectivity index (χ3v) is 4.40. The van der Waals surface area contributed by atoms with E-state index in [1.54, 1.807) is 30.3 Å². The Morgan fingerprint density at radius 2 is 1.92 bits per heavy atom. The lowest BCUT2D eigenvalue weighted by atomic mass is 9.95. The number of nitrogens with one attached hydrogen (secondary N) is 2. The molecule has 0 saturated heterocycles. The predicted octanol–water partition coefficient (Wildman–Crippen LogP) is 4.06. The third kappa shape index (κ3) is 4.21. The van der Waals surface area contributed by atoms with Gasteiger partial charge in [0.05, 0.1) is 30.3 Å². The molecule has 2 N–H and O–H groups in total. The lowest BCUT2D eigenvalue weighted by Gasteiger charge is -2.25. The standard InChI is InChI=1S/C19H22N2O4/c1-24-19(23)13-9-10-15(20-14-6-3-2-4-7-14)16(12-13)21-18(22)17-8-5-11-25-17/h5,8-12,14,20H,2-4,6-7H2,1H3,(H,21,22). The molecule has 132 valence electrons. The Morgan fingerprint density at radius 3 is 2.60 bits per heavy atom. The average molecular weight is 342 g/mol. The fraction of sp³-hybridized carbons (Fsp3) is 0.368. The molecule has 1 aromatic heterocycles. The molecule has 0 atom stereocenters. The highest BCUT2D eigenvalue weighted by Crippen LogP contribution is 2.28. The van der Waals surface area contributed by atoms with Gasteiger partial charge in [-0.15, -0.1) is 0 Å². The Labute approximate surface area is 146 Å². The molecule has 6 heteroatoms. The van der Waals surface area contributed by atoms with E-state index in [4.69, 9.17) is 9.15 Å². The quantitative estimate of drug-likeness (QED) is 0.801. The minimum absolute atomic E-state index is 0.215. The Hall–Kier alpha value is -2.76. The van der Waals surface area contributed by atoms with Crippen LogP contribution in [0.4, 0.5) is 11.4 Å². The van der Waals surface area contributed by atoms with E-state index >= 15 is 0 Å². The molecule has 6 nitrogen and oxygen atoms in total. The number of anilines is 2. The van der Waals surface area contributed by atoms with E-state index in [2.05, 4.69) is 10.6 Å². The first-order valence-electron chi connectivity index (χ1n) is 8.51. The summed E-state index contributed by atoms with van der Waals surface area (Å²) in [7, 11) is 1.33. The third-order valence-electron chi connectivity index (χ3n) is 4.40. The number of benzene rings is 1. The maximum atomic E-state index is 12.3. The Kier molecular flexibility index (Phi) is 5.38. The van der Waals surface area contributed by atoms with Gasteiger partial charge in [0, 0.05) is 6.04 Å². The van der Waals surface area contributed by atoms with Gasteiger partial charge in [-0.1, -0.05) is 19.3 Å². The number of ether oxygens (including phenoxy) is 1. The number of esters is 1. The Balaban J connectivity index is 1.84. The number of rotatable bonds is 5. The molecule has 0 bridgehead atoms. The molecule has 1 amide bonds. The Morgan fingerprint density at radius 1 is 1.12 bits per heavy atom. The fourth-order valence-corrected chi connectivity index (χ4v) is 3.08. The summed E-state index contributed by atoms with van der Waals surface area (Å²) in [5, 5.41) is 6.31. The molecule has 1 aliphatic rings. The molecular weight excluding hydrogens is 320 g/mol. The van der Waals surface area contributed by atoms with Crippen molar-refractivity contribution in [3.05, 3.63) is 47.9 Å². The molecule has 1 aromatic carbocycles. The van der Waals surface area contributed by atoms with Gasteiger partial charge in [-0.2, -0.15) is 0 Å². The summed E-state index contributed by atoms with van der Waals surface area (Å²) >= 11 is 0. The molecule has 25 heavy (non-hydrogen) atoms. The first kappa shape index (κ1) is 17.1. The van der Waals surface area contributed by atoms with Gasteiger partial charge in [-0.05, 0) is 43.2 Å². The average Bonchev–Trinajstić information content (AvgIpc) is 3.18. The molecule has 1 fully saturated rings. The number of furan rings is 1. The number of hydrogen-bond acceptors (Lipinski definition) is 5. The highest BCUT2D eigenvalue weighted by Gasteiger charge is 2.18. The van der Waals surface area contributed by atoms with Gasteiger partial charge < -0.3 is 19.8 Å². The lowest BCUT2D eigenvalue weighted by Crippen LogP contribution is -2.23. The van der Waals surface area contributed by atoms with E-state index in [1.807, 2.05) is 0 Å². The van der Waals surface area contributed by atoms with Crippen LogP contribution in [0.5, 0.6) is 0 Å². The summed E-state index contributed by atoms with van der Waals surface area (Å²) in [5.74, 6) is -0.594. The second kappa shape index (κ2) is 7.88. The van der Waals surface area contributed by atoms with E-state index < -0.39 is 5.97 Å². The van der Waals surface area contributed by atoms with Gasteiger partial charge in [0.25, 0.3) is 5.91 Å². The number of amides is 1. The van der Waals surface area contributed by atoms with Gasteiger partial charge in [0.2, 0.25) is 0 Å². The minimum atomic E-state index is -0.447. The second-order valence-electron chi connectivity index (χ2n) is 6.16. The van der Waals surface area contributed by atoms with E-state index in [-0.39, 0.29) is 11.7 Å². The van der Waals surface area contributed by atoms with Crippen LogP contribution in [-0.4, -0.2) is 25.0 Å². The Bertz CT molecular complexity index is 734. The normalized spacial score (nSPS) is 14.8. The van der Waals surface area contributed by atoms with Crippen molar-refractivity contribution >= 4 is 23.3 Å². The van der Waals surface area contributed by atoms with Crippen LogP contribution >= 0.6 is 0 Å². The van der Waals surface area contributed by atoms with Crippen molar-refractivity contribution in [3.63, 3.8) is 0 Å². The molecule has 1 saturated carbocycles. The zero-order valence-electron chi connectivity index (χ0n) is 14.2. The molecule has 0 spiro atoms. The van der Waals surface area contributed by atoms with Crippen molar-refractivity contribution in [2.45, 2.75) is 38.1 Å². The highest BCUT2D eigenvalue weighted by molar-refractivity contribution is 6.05. The largest absolute Gasteiger partial charge is 0.465 e. The van der Waals surface area contributed by atoms with Crippen molar-refractivity contribution in [1.82, 2.24) is 0 Å². The van der Waals surface area contributed by atoms with Gasteiger partial charge >= 0.3 is 5.97 Å². The van der Waals surface area contributed by atoms with E-state index in [0.717, 1.165) is 18.5 Å². The van der Waals surface area contributed by atoms with Gasteiger partial charge in [0.15, 0.2) is 5.76 Å². The maximum absolute atomic E-state index is 12.3. The fourth-order valence-electron chi connectivity index (χ4n) is 3.08. The molecule has 2 aromatic rings. The molecule has 1 heterocycles. The van der Waals surface area contributed by atoms with Crippen LogP contribution in [0.25, 0.3) is 0 Å². The van der Waals surface area contributed by atoms with Crippen molar-refractivity contribution in [3.8, 4) is 0 Å². The molecular formula is C19H22N2O4. The smallest absolute Gasteiger partial charge is 0.337 e. The molecule has 0 aliphatic heterocycles. The van der Waals surface area contributed by atoms with Gasteiger partial charge in [-0.25, -0.2) is 4.79 Å². The minimum Gasteiger partial charge on any atom is -0.465 e. The maximum Gasteiger partial charge on any atom is 0.337 e. The molecule has 0 radical (unpaired) electrons. The summed E-state index contributed by atoms with van der Waals surface area (Å²) in [6.45, 7) is 0. The van der Waals surface area contributed by atoms with Gasteiger partial charge in [-0.3, -0.25) is 4.79 Å². The summed E-state index contributed by atoms with van der Waals surface area (Å²) in [6.07, 6.45) is 7.31. The summed E-state index contributed by atoms with van der Waals surface area (Å²) < 4.78 is 9.90. The topological polar surface area (TPSA) is 80.6 Å². The van der Waals surface area contributed by atoms with Crippen molar-refractivity contribution in [2.75, 3.05) is 17.7 Å². The number of carbonyl (C=O) groups excluding carboxylic acids is 2. The number of hydrogen-bond donors (Lipinski definition) is 2. The van der Waals surface area contributed by atoms with Crippen LogP contribution in [0.15, 0.2) is 41.0 Å². The van der Waals surface area contributed by atoms with Crippen LogP contribution in [0.3, 0.4) is 0 Å². The summed E-state index contributed by atoms with van der Waals surface area (Å²) in [6, 6.07) is 8.74.